The van der Waals surface area contributed by atoms with E-state index in [0.29, 0.717) is 28.5 Å². The molecule has 1 N–H and O–H groups in total. The second-order valence-corrected chi connectivity index (χ2v) is 6.90. The maximum absolute atomic E-state index is 13.1. The lowest BCUT2D eigenvalue weighted by molar-refractivity contribution is -0.137. The van der Waals surface area contributed by atoms with Crippen LogP contribution in [0.15, 0.2) is 70.0 Å². The molecule has 7 nitrogen and oxygen atoms in total. The Hall–Kier alpha value is -4.08. The highest BCUT2D eigenvalue weighted by molar-refractivity contribution is 6.05. The summed E-state index contributed by atoms with van der Waals surface area (Å²) in [5.41, 5.74) is -0.791. The van der Waals surface area contributed by atoms with Crippen molar-refractivity contribution in [2.24, 2.45) is 0 Å². The molecule has 0 fully saturated rings. The number of alkyl halides is 3. The lowest BCUT2D eigenvalue weighted by Gasteiger charge is -2.13. The molecule has 4 rings (SSSR count). The minimum Gasteiger partial charge on any atom is -0.487 e. The SMILES string of the molecule is Cc1cc2nc(COc3ccc(NC(=O)c4ccccc4C(F)(F)F)cc3)cc(=O)n2o1. The fraction of sp³-hybridized carbons (Fsp3) is 0.136. The van der Waals surface area contributed by atoms with Crippen LogP contribution in [0.1, 0.15) is 27.4 Å². The zero-order valence-electron chi connectivity index (χ0n) is 16.6. The number of hydrogen-bond acceptors (Lipinski definition) is 5. The summed E-state index contributed by atoms with van der Waals surface area (Å²) in [5.74, 6) is 0.0900. The Labute approximate surface area is 179 Å². The number of benzene rings is 2. The van der Waals surface area contributed by atoms with Crippen molar-refractivity contribution < 1.29 is 27.2 Å². The molecule has 0 unspecified atom stereocenters. The molecular weight excluding hydrogens is 427 g/mol. The average molecular weight is 443 g/mol. The fourth-order valence-electron chi connectivity index (χ4n) is 3.07. The predicted molar refractivity (Wildman–Crippen MR) is 109 cm³/mol. The Kier molecular flexibility index (Phi) is 5.43. The first-order valence-electron chi connectivity index (χ1n) is 9.41. The monoisotopic (exact) mass is 443 g/mol. The summed E-state index contributed by atoms with van der Waals surface area (Å²) in [7, 11) is 0. The molecule has 0 aliphatic heterocycles. The third-order valence-corrected chi connectivity index (χ3v) is 4.50. The van der Waals surface area contributed by atoms with Gasteiger partial charge in [0.15, 0.2) is 5.65 Å². The highest BCUT2D eigenvalue weighted by atomic mass is 19.4. The molecule has 10 heteroatoms. The highest BCUT2D eigenvalue weighted by Gasteiger charge is 2.34. The van der Waals surface area contributed by atoms with Crippen LogP contribution in [0.4, 0.5) is 18.9 Å². The van der Waals surface area contributed by atoms with Crippen molar-refractivity contribution in [3.63, 3.8) is 0 Å². The Morgan fingerprint density at radius 3 is 2.56 bits per heavy atom. The molecule has 164 valence electrons. The number of carbonyl (C=O) groups is 1. The number of ether oxygens (including phenoxy) is 1. The molecule has 0 spiro atoms. The number of aryl methyl sites for hydroxylation is 1. The molecule has 0 atom stereocenters. The Morgan fingerprint density at radius 1 is 1.12 bits per heavy atom. The second kappa shape index (κ2) is 8.22. The molecule has 0 radical (unpaired) electrons. The van der Waals surface area contributed by atoms with E-state index < -0.39 is 23.2 Å². The number of anilines is 1. The lowest BCUT2D eigenvalue weighted by atomic mass is 10.1. The van der Waals surface area contributed by atoms with Crippen molar-refractivity contribution in [3.8, 4) is 5.75 Å². The quantitative estimate of drug-likeness (QED) is 0.493. The van der Waals surface area contributed by atoms with Crippen LogP contribution in [0.2, 0.25) is 0 Å². The van der Waals surface area contributed by atoms with Gasteiger partial charge in [-0.2, -0.15) is 13.2 Å². The van der Waals surface area contributed by atoms with E-state index in [1.165, 1.54) is 30.3 Å². The number of nitrogens with one attached hydrogen (secondary N) is 1. The number of halogens is 3. The van der Waals surface area contributed by atoms with Gasteiger partial charge in [-0.15, -0.1) is 4.57 Å². The molecule has 0 aliphatic carbocycles. The Balaban J connectivity index is 1.43. The second-order valence-electron chi connectivity index (χ2n) is 6.90. The molecule has 0 saturated carbocycles. The summed E-state index contributed by atoms with van der Waals surface area (Å²) in [6, 6.07) is 13.5. The fourth-order valence-corrected chi connectivity index (χ4v) is 3.07. The molecule has 2 heterocycles. The average Bonchev–Trinajstić information content (AvgIpc) is 3.13. The first kappa shape index (κ1) is 21.2. The highest BCUT2D eigenvalue weighted by Crippen LogP contribution is 2.32. The molecule has 0 saturated heterocycles. The number of nitrogens with zero attached hydrogens (tertiary/aromatic N) is 2. The number of hydrogen-bond donors (Lipinski definition) is 1. The summed E-state index contributed by atoms with van der Waals surface area (Å²) >= 11 is 0. The van der Waals surface area contributed by atoms with Crippen LogP contribution in [-0.4, -0.2) is 15.5 Å². The van der Waals surface area contributed by atoms with Gasteiger partial charge < -0.3 is 14.6 Å². The van der Waals surface area contributed by atoms with Crippen molar-refractivity contribution in [2.75, 3.05) is 5.32 Å². The summed E-state index contributed by atoms with van der Waals surface area (Å²) in [4.78, 5) is 28.7. The third kappa shape index (κ3) is 4.48. The van der Waals surface area contributed by atoms with Gasteiger partial charge in [-0.3, -0.25) is 9.59 Å². The maximum Gasteiger partial charge on any atom is 0.417 e. The lowest BCUT2D eigenvalue weighted by Crippen LogP contribution is -2.18. The van der Waals surface area contributed by atoms with E-state index in [9.17, 15) is 22.8 Å². The van der Waals surface area contributed by atoms with Gasteiger partial charge in [0.25, 0.3) is 11.5 Å². The van der Waals surface area contributed by atoms with Crippen molar-refractivity contribution in [1.82, 2.24) is 9.56 Å². The van der Waals surface area contributed by atoms with Crippen LogP contribution in [0.5, 0.6) is 5.75 Å². The van der Waals surface area contributed by atoms with Crippen LogP contribution >= 0.6 is 0 Å². The van der Waals surface area contributed by atoms with E-state index in [1.54, 1.807) is 25.1 Å². The molecule has 0 bridgehead atoms. The van der Waals surface area contributed by atoms with Gasteiger partial charge in [-0.05, 0) is 43.3 Å². The minimum absolute atomic E-state index is 0.0145. The van der Waals surface area contributed by atoms with E-state index in [4.69, 9.17) is 9.26 Å². The van der Waals surface area contributed by atoms with Gasteiger partial charge in [-0.1, -0.05) is 12.1 Å². The van der Waals surface area contributed by atoms with Gasteiger partial charge >= 0.3 is 6.18 Å². The van der Waals surface area contributed by atoms with Crippen molar-refractivity contribution in [1.29, 1.82) is 0 Å². The number of fused-ring (bicyclic) bond motifs is 1. The van der Waals surface area contributed by atoms with E-state index in [1.807, 2.05) is 0 Å². The summed E-state index contributed by atoms with van der Waals surface area (Å²) in [6.45, 7) is 1.72. The van der Waals surface area contributed by atoms with E-state index in [0.717, 1.165) is 16.7 Å². The minimum atomic E-state index is -4.64. The molecule has 2 aromatic heterocycles. The van der Waals surface area contributed by atoms with Crippen LogP contribution in [0.3, 0.4) is 0 Å². The molecule has 0 aliphatic rings. The maximum atomic E-state index is 13.1. The number of carbonyl (C=O) groups excluding carboxylic acids is 1. The standard InChI is InChI=1S/C22H16F3N3O4/c1-13-10-19-26-15(11-20(29)28(19)32-13)12-31-16-8-6-14(7-9-16)27-21(30)17-4-2-3-5-18(17)22(23,24)25/h2-11H,12H2,1H3,(H,27,30). The molecule has 4 aromatic rings. The van der Waals surface area contributed by atoms with Crippen LogP contribution in [0.25, 0.3) is 5.65 Å². The smallest absolute Gasteiger partial charge is 0.417 e. The summed E-state index contributed by atoms with van der Waals surface area (Å²) in [6.07, 6.45) is -4.64. The molecule has 1 amide bonds. The largest absolute Gasteiger partial charge is 0.487 e. The predicted octanol–water partition coefficient (Wildman–Crippen LogP) is 4.45. The first-order chi connectivity index (χ1) is 15.2. The van der Waals surface area contributed by atoms with E-state index >= 15 is 0 Å². The normalized spacial score (nSPS) is 11.5. The summed E-state index contributed by atoms with van der Waals surface area (Å²) in [5, 5.41) is 2.44. The number of amides is 1. The van der Waals surface area contributed by atoms with Crippen LogP contribution < -0.4 is 15.6 Å². The molecule has 2 aromatic carbocycles. The van der Waals surface area contributed by atoms with E-state index in [2.05, 4.69) is 10.3 Å². The van der Waals surface area contributed by atoms with Crippen LogP contribution in [-0.2, 0) is 12.8 Å². The van der Waals surface area contributed by atoms with Gasteiger partial charge in [0.05, 0.1) is 16.8 Å². The topological polar surface area (TPSA) is 85.8 Å². The van der Waals surface area contributed by atoms with Gasteiger partial charge in [0, 0.05) is 17.8 Å². The zero-order valence-corrected chi connectivity index (χ0v) is 16.6. The van der Waals surface area contributed by atoms with Gasteiger partial charge in [0.1, 0.15) is 18.1 Å². The van der Waals surface area contributed by atoms with Crippen molar-refractivity contribution in [2.45, 2.75) is 19.7 Å². The Bertz CT molecular complexity index is 1340. The number of aromatic nitrogens is 2. The molecular formula is C22H16F3N3O4. The van der Waals surface area contributed by atoms with Gasteiger partial charge in [-0.25, -0.2) is 4.98 Å². The van der Waals surface area contributed by atoms with Gasteiger partial charge in [0.2, 0.25) is 0 Å². The first-order valence-corrected chi connectivity index (χ1v) is 9.41. The van der Waals surface area contributed by atoms with Crippen molar-refractivity contribution in [3.05, 3.63) is 93.6 Å². The summed E-state index contributed by atoms with van der Waals surface area (Å²) < 4.78 is 51.2. The van der Waals surface area contributed by atoms with Crippen molar-refractivity contribution >= 4 is 17.2 Å². The third-order valence-electron chi connectivity index (χ3n) is 4.50. The van der Waals surface area contributed by atoms with E-state index in [-0.39, 0.29) is 12.2 Å². The number of rotatable bonds is 5. The van der Waals surface area contributed by atoms with Crippen LogP contribution in [0, 0.1) is 6.92 Å². The zero-order chi connectivity index (χ0) is 22.9. The Morgan fingerprint density at radius 2 is 1.84 bits per heavy atom. The molecule has 32 heavy (non-hydrogen) atoms.